The van der Waals surface area contributed by atoms with Gasteiger partial charge in [0, 0.05) is 25.9 Å². The number of aromatic nitrogens is 2. The molecule has 0 radical (unpaired) electrons. The molecule has 0 unspecified atom stereocenters. The second-order valence-electron chi connectivity index (χ2n) is 9.82. The molecule has 2 amide bonds. The van der Waals surface area contributed by atoms with E-state index in [1.54, 1.807) is 36.4 Å². The summed E-state index contributed by atoms with van der Waals surface area (Å²) in [7, 11) is 0. The molecule has 0 saturated heterocycles. The van der Waals surface area contributed by atoms with E-state index in [1.807, 2.05) is 0 Å². The molecule has 4 heterocycles. The van der Waals surface area contributed by atoms with Gasteiger partial charge in [0.05, 0.1) is 21.9 Å². The maximum Gasteiger partial charge on any atom is 0.326 e. The fourth-order valence-electron chi connectivity index (χ4n) is 5.16. The molecule has 6 rings (SSSR count). The van der Waals surface area contributed by atoms with E-state index in [4.69, 9.17) is 24.4 Å². The number of unbranched alkanes of at least 4 members (excludes halogenated alkanes) is 1. The first-order valence-corrected chi connectivity index (χ1v) is 17.0. The second kappa shape index (κ2) is 12.0. The average molecular weight is 795 g/mol. The minimum atomic E-state index is -1.20. The highest BCUT2D eigenvalue weighted by Crippen LogP contribution is 2.37. The Kier molecular flexibility index (Phi) is 8.40. The van der Waals surface area contributed by atoms with E-state index < -0.39 is 29.7 Å². The Balaban J connectivity index is 1.23. The van der Waals surface area contributed by atoms with Crippen molar-refractivity contribution in [2.24, 2.45) is 9.98 Å². The van der Waals surface area contributed by atoms with Crippen LogP contribution in [-0.4, -0.2) is 42.2 Å². The molecule has 0 saturated carbocycles. The van der Waals surface area contributed by atoms with Crippen LogP contribution < -0.4 is 21.2 Å². The van der Waals surface area contributed by atoms with Crippen LogP contribution in [0.5, 0.6) is 11.8 Å². The van der Waals surface area contributed by atoms with E-state index in [2.05, 4.69) is 41.8 Å². The van der Waals surface area contributed by atoms with Crippen LogP contribution in [0.15, 0.2) is 55.3 Å². The molecule has 1 atom stereocenters. The van der Waals surface area contributed by atoms with Crippen LogP contribution in [0.3, 0.4) is 0 Å². The number of hydrogen-bond donors (Lipinski definition) is 3. The molecule has 0 spiro atoms. The minimum Gasteiger partial charge on any atom is -0.493 e. The van der Waals surface area contributed by atoms with Crippen LogP contribution in [0, 0.1) is 7.91 Å². The van der Waals surface area contributed by atoms with Crippen molar-refractivity contribution >= 4 is 108 Å². The summed E-state index contributed by atoms with van der Waals surface area (Å²) in [5, 5.41) is 34.3. The van der Waals surface area contributed by atoms with Gasteiger partial charge in [0.2, 0.25) is 11.8 Å². The molecule has 0 bridgehead atoms. The van der Waals surface area contributed by atoms with Gasteiger partial charge in [-0.2, -0.15) is 0 Å². The maximum absolute atomic E-state index is 12.8. The highest BCUT2D eigenvalue weighted by atomic mass is 79.9. The number of amides is 2. The molecule has 0 aliphatic carbocycles. The summed E-state index contributed by atoms with van der Waals surface area (Å²) in [6.07, 6.45) is 0.903. The van der Waals surface area contributed by atoms with Gasteiger partial charge in [0.15, 0.2) is 7.91 Å². The number of nitrogens with zero attached hydrogens (tertiary/aromatic N) is 4. The number of fused-ring (bicyclic) bond motifs is 2. The van der Waals surface area contributed by atoms with E-state index >= 15 is 0 Å². The van der Waals surface area contributed by atoms with Crippen LogP contribution in [0.4, 0.5) is 0 Å². The van der Waals surface area contributed by atoms with Crippen molar-refractivity contribution in [3.05, 3.63) is 84.2 Å². The lowest BCUT2D eigenvalue weighted by atomic mass is 10.1. The Morgan fingerprint density at radius 1 is 0.841 bits per heavy atom. The second-order valence-corrected chi connectivity index (χ2v) is 14.9. The first-order valence-electron chi connectivity index (χ1n) is 12.9. The van der Waals surface area contributed by atoms with E-state index in [-0.39, 0.29) is 38.8 Å². The van der Waals surface area contributed by atoms with Gasteiger partial charge in [-0.05, 0) is 80.1 Å². The number of rotatable bonds is 9. The quantitative estimate of drug-likeness (QED) is 0.170. The van der Waals surface area contributed by atoms with E-state index in [0.29, 0.717) is 42.8 Å². The standard InChI is InChI=1S/C28H18Br2N4O6S4/c29-11-4-6-15-13(9-11)18(22(35)31-15)20-24(37)33(27(41)43-20)8-2-1-3-17(26(39)40)34-25(38)21(44-28(34)42)19-14-10-12(30)5-7-16(14)32-23(19)36/h4-7,9-10,17,37-38H,1-3,8H2,(H,39,40)/t17-/m0/s1. The fourth-order valence-corrected chi connectivity index (χ4v) is 8.71. The number of carbonyl (C=O) groups excluding carboxylic acids is 2. The average Bonchev–Trinajstić information content (AvgIpc) is 3.64. The summed E-state index contributed by atoms with van der Waals surface area (Å²) in [4.78, 5) is 46.4. The molecule has 10 nitrogen and oxygen atoms in total. The summed E-state index contributed by atoms with van der Waals surface area (Å²) >= 11 is 19.8. The van der Waals surface area contributed by atoms with Crippen molar-refractivity contribution in [2.75, 3.05) is 0 Å². The van der Waals surface area contributed by atoms with Gasteiger partial charge in [-0.1, -0.05) is 31.9 Å². The van der Waals surface area contributed by atoms with Gasteiger partial charge >= 0.3 is 5.97 Å². The first-order chi connectivity index (χ1) is 21.0. The van der Waals surface area contributed by atoms with Crippen molar-refractivity contribution in [1.82, 2.24) is 9.13 Å². The Labute approximate surface area is 282 Å². The van der Waals surface area contributed by atoms with E-state index in [0.717, 1.165) is 36.2 Å². The summed E-state index contributed by atoms with van der Waals surface area (Å²) < 4.78 is 4.60. The number of aromatic hydroxyl groups is 2. The molecule has 2 aromatic heterocycles. The van der Waals surface area contributed by atoms with Crippen LogP contribution in [0.2, 0.25) is 0 Å². The van der Waals surface area contributed by atoms with E-state index in [9.17, 15) is 29.7 Å². The summed E-state index contributed by atoms with van der Waals surface area (Å²) in [5.74, 6) is -2.76. The zero-order valence-corrected chi connectivity index (χ0v) is 28.6. The van der Waals surface area contributed by atoms with Crippen molar-refractivity contribution in [3.63, 3.8) is 0 Å². The third-order valence-corrected chi connectivity index (χ3v) is 11.0. The Morgan fingerprint density at radius 2 is 1.36 bits per heavy atom. The summed E-state index contributed by atoms with van der Waals surface area (Å²) in [6, 6.07) is 9.19. The van der Waals surface area contributed by atoms with Gasteiger partial charge in [0.25, 0.3) is 11.8 Å². The predicted octanol–water partition coefficient (Wildman–Crippen LogP) is 4.02. The van der Waals surface area contributed by atoms with Gasteiger partial charge in [-0.3, -0.25) is 18.7 Å². The minimum absolute atomic E-state index is 0.102. The number of carbonyl (C=O) groups is 3. The molecule has 16 heteroatoms. The molecule has 2 aliphatic heterocycles. The van der Waals surface area contributed by atoms with Gasteiger partial charge in [-0.25, -0.2) is 14.8 Å². The Morgan fingerprint density at radius 3 is 1.91 bits per heavy atom. The monoisotopic (exact) mass is 792 g/mol. The maximum atomic E-state index is 12.8. The number of carboxylic acids is 1. The molecule has 44 heavy (non-hydrogen) atoms. The van der Waals surface area contributed by atoms with Crippen molar-refractivity contribution < 1.29 is 29.7 Å². The third kappa shape index (κ3) is 5.37. The number of thiazole rings is 2. The van der Waals surface area contributed by atoms with Gasteiger partial charge in [-0.15, -0.1) is 22.7 Å². The van der Waals surface area contributed by atoms with Crippen molar-refractivity contribution in [2.45, 2.75) is 31.8 Å². The van der Waals surface area contributed by atoms with Crippen LogP contribution in [0.25, 0.3) is 11.1 Å². The smallest absolute Gasteiger partial charge is 0.326 e. The normalized spacial score (nSPS) is 14.4. The molecular weight excluding hydrogens is 776 g/mol. The Bertz CT molecular complexity index is 2320. The Hall–Kier alpha value is -3.15. The number of benzene rings is 2. The first kappa shape index (κ1) is 30.9. The molecule has 4 aromatic rings. The number of halogens is 2. The largest absolute Gasteiger partial charge is 0.493 e. The van der Waals surface area contributed by atoms with Crippen molar-refractivity contribution in [3.8, 4) is 11.8 Å². The van der Waals surface area contributed by atoms with Crippen LogP contribution >= 0.6 is 79.0 Å². The zero-order valence-electron chi connectivity index (χ0n) is 22.1. The van der Waals surface area contributed by atoms with Crippen molar-refractivity contribution in [1.29, 1.82) is 0 Å². The molecular formula is C28H18Br2N4O6S4. The number of hydrogen-bond acceptors (Lipinski definition) is 9. The van der Waals surface area contributed by atoms with E-state index in [1.165, 1.54) is 4.57 Å². The lowest BCUT2D eigenvalue weighted by molar-refractivity contribution is -0.141. The molecule has 0 fully saturated rings. The summed E-state index contributed by atoms with van der Waals surface area (Å²) in [5.41, 5.74) is 0.441. The molecule has 2 aromatic carbocycles. The van der Waals surface area contributed by atoms with Gasteiger partial charge < -0.3 is 15.3 Å². The number of aliphatic carboxylic acids is 1. The van der Waals surface area contributed by atoms with Crippen LogP contribution in [-0.2, 0) is 20.9 Å². The molecule has 3 N–H and O–H groups in total. The molecule has 2 aliphatic rings. The molecule has 224 valence electrons. The lowest BCUT2D eigenvalue weighted by Gasteiger charge is -2.15. The lowest BCUT2D eigenvalue weighted by Crippen LogP contribution is -2.23. The number of carboxylic acid groups (broad SMARTS) is 1. The SMILES string of the molecule is O=C1N=c2ccc(Br)cc2=C1c1sc(=S)n(CCCC[C@@H](C(=O)O)n2c(O)c(C3=c4cc(Br)ccc4=NC3=O)sc2=S)c1O. The predicted molar refractivity (Wildman–Crippen MR) is 175 cm³/mol. The topological polar surface area (TPSA) is 146 Å². The fraction of sp³-hybridized carbons (Fsp3) is 0.179. The van der Waals surface area contributed by atoms with Gasteiger partial charge in [0.1, 0.15) is 15.8 Å². The highest BCUT2D eigenvalue weighted by Gasteiger charge is 2.30. The third-order valence-electron chi connectivity index (χ3n) is 7.17. The van der Waals surface area contributed by atoms with Crippen LogP contribution in [0.1, 0.15) is 35.1 Å². The summed E-state index contributed by atoms with van der Waals surface area (Å²) in [6.45, 7) is 0.267. The zero-order chi connectivity index (χ0) is 31.4. The highest BCUT2D eigenvalue weighted by molar-refractivity contribution is 9.10.